The van der Waals surface area contributed by atoms with Gasteiger partial charge in [0.2, 0.25) is 0 Å². The van der Waals surface area contributed by atoms with Crippen molar-refractivity contribution in [2.75, 3.05) is 5.32 Å². The fourth-order valence-electron chi connectivity index (χ4n) is 1.99. The maximum absolute atomic E-state index is 5.54. The number of oxazole rings is 1. The summed E-state index contributed by atoms with van der Waals surface area (Å²) in [5.74, 6) is 0.856. The van der Waals surface area contributed by atoms with Crippen LogP contribution >= 0.6 is 12.2 Å². The van der Waals surface area contributed by atoms with Crippen LogP contribution in [0.4, 0.5) is 5.82 Å². The van der Waals surface area contributed by atoms with Gasteiger partial charge in [0.1, 0.15) is 5.82 Å². The predicted octanol–water partition coefficient (Wildman–Crippen LogP) is 3.74. The Hall–Kier alpha value is -2.14. The summed E-state index contributed by atoms with van der Waals surface area (Å²) in [6.07, 6.45) is 1.77. The number of anilines is 1. The SMILES string of the molecule is Cc1cccnc1NCn1c(=S)oc2ccccc21. The van der Waals surface area contributed by atoms with Gasteiger partial charge in [-0.15, -0.1) is 0 Å². The van der Waals surface area contributed by atoms with Crippen molar-refractivity contribution in [3.63, 3.8) is 0 Å². The van der Waals surface area contributed by atoms with E-state index in [1.807, 2.05) is 47.9 Å². The van der Waals surface area contributed by atoms with Crippen LogP contribution in [0, 0.1) is 11.8 Å². The Bertz CT molecular complexity index is 775. The Kier molecular flexibility index (Phi) is 3.05. The second-order valence-corrected chi connectivity index (χ2v) is 4.62. The van der Waals surface area contributed by atoms with Crippen molar-refractivity contribution in [3.8, 4) is 0 Å². The largest absolute Gasteiger partial charge is 0.429 e. The molecule has 3 rings (SSSR count). The maximum Gasteiger partial charge on any atom is 0.271 e. The normalized spacial score (nSPS) is 10.8. The average molecular weight is 271 g/mol. The molecule has 0 saturated carbocycles. The van der Waals surface area contributed by atoms with Gasteiger partial charge in [0.25, 0.3) is 4.84 Å². The molecule has 1 N–H and O–H groups in total. The molecule has 5 heteroatoms. The number of hydrogen-bond donors (Lipinski definition) is 1. The first-order valence-electron chi connectivity index (χ1n) is 5.99. The topological polar surface area (TPSA) is 43.0 Å². The second kappa shape index (κ2) is 4.85. The minimum Gasteiger partial charge on any atom is -0.429 e. The molecule has 0 bridgehead atoms. The zero-order valence-electron chi connectivity index (χ0n) is 10.5. The highest BCUT2D eigenvalue weighted by atomic mass is 32.1. The van der Waals surface area contributed by atoms with Gasteiger partial charge in [-0.25, -0.2) is 4.98 Å². The van der Waals surface area contributed by atoms with E-state index in [2.05, 4.69) is 10.3 Å². The number of benzene rings is 1. The number of nitrogens with zero attached hydrogens (tertiary/aromatic N) is 2. The lowest BCUT2D eigenvalue weighted by Crippen LogP contribution is -2.09. The van der Waals surface area contributed by atoms with Crippen molar-refractivity contribution in [2.24, 2.45) is 0 Å². The lowest BCUT2D eigenvalue weighted by molar-refractivity contribution is 0.545. The molecule has 1 aromatic carbocycles. The lowest BCUT2D eigenvalue weighted by Gasteiger charge is -2.08. The molecule has 0 radical (unpaired) electrons. The number of fused-ring (bicyclic) bond motifs is 1. The summed E-state index contributed by atoms with van der Waals surface area (Å²) in [6.45, 7) is 2.55. The van der Waals surface area contributed by atoms with E-state index in [0.717, 1.165) is 22.5 Å². The molecule has 19 heavy (non-hydrogen) atoms. The van der Waals surface area contributed by atoms with Crippen LogP contribution in [0.1, 0.15) is 5.56 Å². The number of para-hydroxylation sites is 2. The lowest BCUT2D eigenvalue weighted by atomic mass is 10.3. The molecule has 0 aliphatic carbocycles. The van der Waals surface area contributed by atoms with Gasteiger partial charge < -0.3 is 9.73 Å². The zero-order chi connectivity index (χ0) is 13.2. The molecular weight excluding hydrogens is 258 g/mol. The van der Waals surface area contributed by atoms with Gasteiger partial charge in [-0.05, 0) is 42.9 Å². The highest BCUT2D eigenvalue weighted by Crippen LogP contribution is 2.17. The summed E-state index contributed by atoms with van der Waals surface area (Å²) >= 11 is 5.24. The van der Waals surface area contributed by atoms with Crippen molar-refractivity contribution >= 4 is 29.1 Å². The van der Waals surface area contributed by atoms with Crippen LogP contribution < -0.4 is 5.32 Å². The van der Waals surface area contributed by atoms with Gasteiger partial charge in [0.05, 0.1) is 12.2 Å². The summed E-state index contributed by atoms with van der Waals surface area (Å²) in [5, 5.41) is 3.27. The number of aromatic nitrogens is 2. The van der Waals surface area contributed by atoms with Crippen molar-refractivity contribution < 1.29 is 4.42 Å². The highest BCUT2D eigenvalue weighted by molar-refractivity contribution is 7.71. The maximum atomic E-state index is 5.54. The molecule has 2 heterocycles. The van der Waals surface area contributed by atoms with Gasteiger partial charge in [0.15, 0.2) is 5.58 Å². The van der Waals surface area contributed by atoms with E-state index >= 15 is 0 Å². The van der Waals surface area contributed by atoms with Gasteiger partial charge in [0, 0.05) is 6.20 Å². The second-order valence-electron chi connectivity index (χ2n) is 4.27. The molecule has 4 nitrogen and oxygen atoms in total. The van der Waals surface area contributed by atoms with E-state index in [0.29, 0.717) is 11.5 Å². The van der Waals surface area contributed by atoms with E-state index in [1.165, 1.54) is 0 Å². The first-order chi connectivity index (χ1) is 9.25. The van der Waals surface area contributed by atoms with Crippen LogP contribution in [-0.4, -0.2) is 9.55 Å². The van der Waals surface area contributed by atoms with Gasteiger partial charge in [-0.2, -0.15) is 0 Å². The van der Waals surface area contributed by atoms with E-state index < -0.39 is 0 Å². The van der Waals surface area contributed by atoms with E-state index in [1.54, 1.807) is 6.20 Å². The minimum absolute atomic E-state index is 0.460. The van der Waals surface area contributed by atoms with E-state index in [9.17, 15) is 0 Å². The van der Waals surface area contributed by atoms with E-state index in [4.69, 9.17) is 16.6 Å². The molecule has 0 aliphatic heterocycles. The highest BCUT2D eigenvalue weighted by Gasteiger charge is 2.06. The van der Waals surface area contributed by atoms with Crippen LogP contribution in [0.2, 0.25) is 0 Å². The third-order valence-corrected chi connectivity index (χ3v) is 3.29. The first kappa shape index (κ1) is 11.9. The first-order valence-corrected chi connectivity index (χ1v) is 6.40. The molecule has 0 spiro atoms. The molecule has 0 amide bonds. The minimum atomic E-state index is 0.460. The Morgan fingerprint density at radius 2 is 2.11 bits per heavy atom. The molecule has 0 aliphatic rings. The number of aryl methyl sites for hydroxylation is 1. The molecule has 0 fully saturated rings. The van der Waals surface area contributed by atoms with Crippen LogP contribution in [0.15, 0.2) is 47.0 Å². The number of hydrogen-bond acceptors (Lipinski definition) is 4. The smallest absolute Gasteiger partial charge is 0.271 e. The standard InChI is InChI=1S/C14H13N3OS/c1-10-5-4-8-15-13(10)16-9-17-11-6-2-3-7-12(11)18-14(17)19/h2-8H,9H2,1H3,(H,15,16). The number of rotatable bonds is 3. The van der Waals surface area contributed by atoms with E-state index in [-0.39, 0.29) is 0 Å². The van der Waals surface area contributed by atoms with Crippen molar-refractivity contribution in [1.82, 2.24) is 9.55 Å². The molecule has 0 saturated heterocycles. The van der Waals surface area contributed by atoms with Crippen LogP contribution in [0.5, 0.6) is 0 Å². The van der Waals surface area contributed by atoms with Crippen molar-refractivity contribution in [3.05, 3.63) is 53.0 Å². The van der Waals surface area contributed by atoms with Crippen LogP contribution in [0.3, 0.4) is 0 Å². The molecule has 3 aromatic rings. The molecular formula is C14H13N3OS. The Labute approximate surface area is 115 Å². The summed E-state index contributed by atoms with van der Waals surface area (Å²) in [4.78, 5) is 4.76. The number of nitrogens with one attached hydrogen (secondary N) is 1. The molecule has 96 valence electrons. The predicted molar refractivity (Wildman–Crippen MR) is 77.6 cm³/mol. The average Bonchev–Trinajstić information content (AvgIpc) is 2.74. The summed E-state index contributed by atoms with van der Waals surface area (Å²) in [6, 6.07) is 11.7. The van der Waals surface area contributed by atoms with Gasteiger partial charge in [-0.3, -0.25) is 4.57 Å². The van der Waals surface area contributed by atoms with Crippen LogP contribution in [-0.2, 0) is 6.67 Å². The van der Waals surface area contributed by atoms with Crippen molar-refractivity contribution in [2.45, 2.75) is 13.6 Å². The zero-order valence-corrected chi connectivity index (χ0v) is 11.3. The fraction of sp³-hybridized carbons (Fsp3) is 0.143. The summed E-state index contributed by atoms with van der Waals surface area (Å²) in [5.41, 5.74) is 2.88. The summed E-state index contributed by atoms with van der Waals surface area (Å²) < 4.78 is 7.45. The van der Waals surface area contributed by atoms with Crippen molar-refractivity contribution in [1.29, 1.82) is 0 Å². The fourth-order valence-corrected chi connectivity index (χ4v) is 2.24. The summed E-state index contributed by atoms with van der Waals surface area (Å²) in [7, 11) is 0. The number of pyridine rings is 1. The molecule has 0 unspecified atom stereocenters. The molecule has 0 atom stereocenters. The Morgan fingerprint density at radius 3 is 2.95 bits per heavy atom. The van der Waals surface area contributed by atoms with Gasteiger partial charge >= 0.3 is 0 Å². The van der Waals surface area contributed by atoms with Crippen LogP contribution in [0.25, 0.3) is 11.1 Å². The quantitative estimate of drug-likeness (QED) is 0.737. The molecule has 2 aromatic heterocycles. The third-order valence-electron chi connectivity index (χ3n) is 2.99. The third kappa shape index (κ3) is 2.24. The Morgan fingerprint density at radius 1 is 1.26 bits per heavy atom. The Balaban J connectivity index is 1.92. The monoisotopic (exact) mass is 271 g/mol. The van der Waals surface area contributed by atoms with Gasteiger partial charge in [-0.1, -0.05) is 18.2 Å².